The fourth-order valence-corrected chi connectivity index (χ4v) is 7.28. The maximum absolute atomic E-state index is 14.4. The molecule has 0 fully saturated rings. The van der Waals surface area contributed by atoms with E-state index < -0.39 is 33.1 Å². The summed E-state index contributed by atoms with van der Waals surface area (Å²) in [4.78, 5) is 19.4. The highest BCUT2D eigenvalue weighted by molar-refractivity contribution is 7.91. The zero-order valence-corrected chi connectivity index (χ0v) is 29.1. The Bertz CT molecular complexity index is 1880. The number of carbonyl (C=O) groups excluding carboxylic acids is 1. The van der Waals surface area contributed by atoms with Gasteiger partial charge in [0.1, 0.15) is 11.5 Å². The quantitative estimate of drug-likeness (QED) is 0.0983. The zero-order valence-electron chi connectivity index (χ0n) is 26.8. The number of sulfone groups is 1. The van der Waals surface area contributed by atoms with Gasteiger partial charge in [0.2, 0.25) is 5.90 Å². The Kier molecular flexibility index (Phi) is 12.2. The smallest absolute Gasteiger partial charge is 0.266 e. The molecule has 1 aliphatic heterocycles. The minimum absolute atomic E-state index is 0.0113. The number of amides is 1. The van der Waals surface area contributed by atoms with E-state index in [2.05, 4.69) is 10.9 Å². The highest BCUT2D eigenvalue weighted by Gasteiger charge is 2.54. The fraction of sp³-hybridized carbons (Fsp3) is 0.278. The Morgan fingerprint density at radius 3 is 2.47 bits per heavy atom. The molecule has 0 spiro atoms. The number of carbonyl (C=O) groups is 1. The topological polar surface area (TPSA) is 136 Å². The predicted molar refractivity (Wildman–Crippen MR) is 189 cm³/mol. The van der Waals surface area contributed by atoms with Crippen molar-refractivity contribution in [1.29, 1.82) is 0 Å². The highest BCUT2D eigenvalue weighted by atomic mass is 35.5. The van der Waals surface area contributed by atoms with Crippen LogP contribution in [0, 0.1) is 0 Å². The molecule has 0 aliphatic carbocycles. The van der Waals surface area contributed by atoms with Gasteiger partial charge in [0.05, 0.1) is 24.4 Å². The maximum atomic E-state index is 14.4. The van der Waals surface area contributed by atoms with Crippen molar-refractivity contribution in [3.05, 3.63) is 124 Å². The molecule has 0 aromatic heterocycles. The lowest BCUT2D eigenvalue weighted by molar-refractivity contribution is -0.130. The number of ether oxygens (including phenoxy) is 3. The SMILES string of the molecule is COc1cccc(CCNNC(=O)[C@@]2(CCS(=O)(=O)c3ccccc3)N=C(c3ccc(OCCCO)cc3)O[C@H]2c2ccc(Cl)cc2Cl)c1. The summed E-state index contributed by atoms with van der Waals surface area (Å²) in [5.74, 6) is 0.412. The fourth-order valence-electron chi connectivity index (χ4n) is 5.38. The van der Waals surface area contributed by atoms with Gasteiger partial charge in [-0.1, -0.05) is 59.6 Å². The lowest BCUT2D eigenvalue weighted by Gasteiger charge is -2.31. The van der Waals surface area contributed by atoms with Crippen LogP contribution in [0.25, 0.3) is 0 Å². The standard InChI is InChI=1S/C36H37Cl2N3O7S/c1-46-29-8-5-7-25(23-29)17-19-39-41-35(43)36(18-22-49(44,45)30-9-3-2-4-10-30)33(31-16-13-27(37)24-32(31)38)48-34(40-36)26-11-14-28(15-12-26)47-21-6-20-42/h2-5,7-16,23-24,33,39,42H,6,17-22H2,1H3,(H,41,43)/t33-,36-/m0/s1. The van der Waals surface area contributed by atoms with E-state index in [0.717, 1.165) is 11.3 Å². The van der Waals surface area contributed by atoms with Crippen molar-refractivity contribution >= 4 is 44.8 Å². The number of hydrazine groups is 1. The van der Waals surface area contributed by atoms with Crippen LogP contribution in [0.4, 0.5) is 0 Å². The van der Waals surface area contributed by atoms with E-state index in [4.69, 9.17) is 47.5 Å². The van der Waals surface area contributed by atoms with Crippen molar-refractivity contribution in [2.24, 2.45) is 4.99 Å². The van der Waals surface area contributed by atoms with Gasteiger partial charge in [-0.25, -0.2) is 18.8 Å². The first kappa shape index (κ1) is 36.2. The first-order valence-electron chi connectivity index (χ1n) is 15.6. The van der Waals surface area contributed by atoms with Crippen LogP contribution < -0.4 is 20.3 Å². The van der Waals surface area contributed by atoms with Crippen molar-refractivity contribution in [2.75, 3.05) is 32.6 Å². The second-order valence-corrected chi connectivity index (χ2v) is 14.3. The van der Waals surface area contributed by atoms with E-state index in [0.29, 0.717) is 47.9 Å². The summed E-state index contributed by atoms with van der Waals surface area (Å²) >= 11 is 12.9. The number of nitrogens with zero attached hydrogens (tertiary/aromatic N) is 1. The van der Waals surface area contributed by atoms with Crippen molar-refractivity contribution in [2.45, 2.75) is 35.8 Å². The molecule has 1 heterocycles. The summed E-state index contributed by atoms with van der Waals surface area (Å²) in [7, 11) is -2.24. The van der Waals surface area contributed by atoms with Gasteiger partial charge >= 0.3 is 0 Å². The Hall–Kier alpha value is -4.13. The molecule has 13 heteroatoms. The number of benzene rings is 4. The molecule has 0 unspecified atom stereocenters. The van der Waals surface area contributed by atoms with Crippen LogP contribution in [-0.4, -0.2) is 63.5 Å². The third-order valence-electron chi connectivity index (χ3n) is 8.00. The summed E-state index contributed by atoms with van der Waals surface area (Å²) in [6.45, 7) is 0.713. The number of aliphatic hydroxyl groups is 1. The van der Waals surface area contributed by atoms with Crippen LogP contribution in [0.1, 0.15) is 35.6 Å². The molecular formula is C36H37Cl2N3O7S. The van der Waals surface area contributed by atoms with Crippen molar-refractivity contribution in [3.63, 3.8) is 0 Å². The van der Waals surface area contributed by atoms with E-state index in [9.17, 15) is 13.2 Å². The molecule has 0 saturated carbocycles. The van der Waals surface area contributed by atoms with Gasteiger partial charge in [-0.2, -0.15) is 0 Å². The lowest BCUT2D eigenvalue weighted by atomic mass is 9.85. The molecule has 49 heavy (non-hydrogen) atoms. The Morgan fingerprint density at radius 1 is 0.980 bits per heavy atom. The largest absolute Gasteiger partial charge is 0.497 e. The van der Waals surface area contributed by atoms with Crippen molar-refractivity contribution < 1.29 is 32.5 Å². The summed E-state index contributed by atoms with van der Waals surface area (Å²) in [6.07, 6.45) is -0.294. The van der Waals surface area contributed by atoms with Gasteiger partial charge in [-0.15, -0.1) is 0 Å². The minimum Gasteiger partial charge on any atom is -0.497 e. The predicted octanol–water partition coefficient (Wildman–Crippen LogP) is 5.75. The molecule has 0 radical (unpaired) electrons. The summed E-state index contributed by atoms with van der Waals surface area (Å²) in [6, 6.07) is 27.4. The number of hydrogen-bond acceptors (Lipinski definition) is 9. The second kappa shape index (κ2) is 16.5. The Balaban J connectivity index is 1.49. The molecule has 2 atom stereocenters. The normalized spacial score (nSPS) is 17.2. The third-order valence-corrected chi connectivity index (χ3v) is 10.3. The van der Waals surface area contributed by atoms with Gasteiger partial charge in [-0.3, -0.25) is 10.2 Å². The number of methoxy groups -OCH3 is 1. The van der Waals surface area contributed by atoms with Crippen LogP contribution in [0.2, 0.25) is 10.0 Å². The van der Waals surface area contributed by atoms with Gasteiger partial charge in [0.25, 0.3) is 5.91 Å². The monoisotopic (exact) mass is 725 g/mol. The number of halogens is 2. The van der Waals surface area contributed by atoms with Crippen molar-refractivity contribution in [3.8, 4) is 11.5 Å². The number of nitrogens with one attached hydrogen (secondary N) is 2. The Morgan fingerprint density at radius 2 is 1.76 bits per heavy atom. The number of hydrogen-bond donors (Lipinski definition) is 3. The first-order valence-corrected chi connectivity index (χ1v) is 18.1. The average Bonchev–Trinajstić information content (AvgIpc) is 3.50. The van der Waals surface area contributed by atoms with Gasteiger partial charge in [0.15, 0.2) is 21.5 Å². The molecule has 4 aromatic rings. The summed E-state index contributed by atoms with van der Waals surface area (Å²) in [5.41, 5.74) is 5.92. The van der Waals surface area contributed by atoms with Gasteiger partial charge < -0.3 is 19.3 Å². The lowest BCUT2D eigenvalue weighted by Crippen LogP contribution is -2.53. The maximum Gasteiger partial charge on any atom is 0.266 e. The molecule has 1 amide bonds. The first-order chi connectivity index (χ1) is 23.6. The molecule has 5 rings (SSSR count). The number of aliphatic hydroxyl groups excluding tert-OH is 1. The molecule has 10 nitrogen and oxygen atoms in total. The van der Waals surface area contributed by atoms with E-state index in [-0.39, 0.29) is 28.8 Å². The van der Waals surface area contributed by atoms with E-state index in [1.807, 2.05) is 24.3 Å². The number of rotatable bonds is 16. The molecule has 3 N–H and O–H groups in total. The van der Waals surface area contributed by atoms with Crippen LogP contribution in [-0.2, 0) is 25.8 Å². The van der Waals surface area contributed by atoms with Gasteiger partial charge in [0, 0.05) is 47.2 Å². The minimum atomic E-state index is -3.83. The van der Waals surface area contributed by atoms with E-state index in [1.165, 1.54) is 18.2 Å². The molecule has 0 saturated heterocycles. The molecule has 0 bridgehead atoms. The van der Waals surface area contributed by atoms with Crippen LogP contribution >= 0.6 is 23.2 Å². The molecule has 4 aromatic carbocycles. The third kappa shape index (κ3) is 8.92. The second-order valence-electron chi connectivity index (χ2n) is 11.3. The van der Waals surface area contributed by atoms with E-state index in [1.54, 1.807) is 61.7 Å². The zero-order chi connectivity index (χ0) is 34.9. The van der Waals surface area contributed by atoms with Crippen molar-refractivity contribution in [1.82, 2.24) is 10.9 Å². The average molecular weight is 727 g/mol. The number of aliphatic imine (C=N–C) groups is 1. The van der Waals surface area contributed by atoms with Crippen LogP contribution in [0.3, 0.4) is 0 Å². The molecule has 258 valence electrons. The Labute approximate surface area is 295 Å². The summed E-state index contributed by atoms with van der Waals surface area (Å²) < 4.78 is 44.5. The molecule has 1 aliphatic rings. The summed E-state index contributed by atoms with van der Waals surface area (Å²) in [5, 5.41) is 9.68. The highest BCUT2D eigenvalue weighted by Crippen LogP contribution is 2.45. The van der Waals surface area contributed by atoms with Gasteiger partial charge in [-0.05, 0) is 72.6 Å². The van der Waals surface area contributed by atoms with Crippen LogP contribution in [0.15, 0.2) is 107 Å². The molecular weight excluding hydrogens is 689 g/mol. The van der Waals surface area contributed by atoms with E-state index >= 15 is 0 Å². The van der Waals surface area contributed by atoms with Crippen LogP contribution in [0.5, 0.6) is 11.5 Å².